The fraction of sp³-hybridized carbons (Fsp3) is 0.619. The highest BCUT2D eigenvalue weighted by molar-refractivity contribution is 5.96. The Labute approximate surface area is 160 Å². The highest BCUT2D eigenvalue weighted by atomic mass is 19.1. The molecule has 2 fully saturated rings. The Balaban J connectivity index is 0.00000126. The number of benzene rings is 1. The van der Waals surface area contributed by atoms with Crippen LogP contribution in [0.4, 0.5) is 4.39 Å². The minimum atomic E-state index is -0.877. The van der Waals surface area contributed by atoms with E-state index in [1.165, 1.54) is 4.90 Å². The molecule has 6 heteroatoms. The average Bonchev–Trinajstić information content (AvgIpc) is 3.29. The minimum Gasteiger partial charge on any atom is -0.390 e. The lowest BCUT2D eigenvalue weighted by atomic mass is 9.77. The number of carbonyl (C=O) groups excluding carboxylic acids is 2. The number of hydrogen-bond donors (Lipinski definition) is 2. The summed E-state index contributed by atoms with van der Waals surface area (Å²) in [6, 6.07) is 7.08. The zero-order valence-corrected chi connectivity index (χ0v) is 16.7. The molecule has 0 radical (unpaired) electrons. The number of alkyl halides is 1. The first kappa shape index (κ1) is 21.4. The summed E-state index contributed by atoms with van der Waals surface area (Å²) in [7, 11) is 0. The molecule has 1 aromatic carbocycles. The number of nitrogens with zero attached hydrogens (tertiary/aromatic N) is 1. The standard InChI is InChI=1S/C19H25FN2O3.C2H6/c1-12-3-5-13(6-4-12)18(24)22(10-14-7-16(14)20)11-17(23)21-15-8-19(2,25)9-15;1-2/h3-6,14-16,25H,7-11H2,1-2H3,(H,21,23);1-2H3/t14-,15?,16-,19?;/m0./s1. The van der Waals surface area contributed by atoms with Gasteiger partial charge in [0.15, 0.2) is 0 Å². The van der Waals surface area contributed by atoms with Gasteiger partial charge < -0.3 is 15.3 Å². The predicted octanol–water partition coefficient (Wildman–Crippen LogP) is 2.85. The van der Waals surface area contributed by atoms with Gasteiger partial charge in [-0.3, -0.25) is 9.59 Å². The monoisotopic (exact) mass is 378 g/mol. The molecule has 2 aliphatic carbocycles. The van der Waals surface area contributed by atoms with E-state index >= 15 is 0 Å². The fourth-order valence-corrected chi connectivity index (χ4v) is 3.33. The van der Waals surface area contributed by atoms with Crippen LogP contribution >= 0.6 is 0 Å². The quantitative estimate of drug-likeness (QED) is 0.800. The van der Waals surface area contributed by atoms with Crippen LogP contribution in [0, 0.1) is 12.8 Å². The van der Waals surface area contributed by atoms with E-state index in [1.54, 1.807) is 19.1 Å². The number of halogens is 1. The average molecular weight is 378 g/mol. The van der Waals surface area contributed by atoms with E-state index in [0.717, 1.165) is 5.56 Å². The van der Waals surface area contributed by atoms with E-state index in [9.17, 15) is 19.1 Å². The van der Waals surface area contributed by atoms with Gasteiger partial charge >= 0.3 is 0 Å². The molecule has 0 aromatic heterocycles. The molecule has 0 aliphatic heterocycles. The summed E-state index contributed by atoms with van der Waals surface area (Å²) in [5.74, 6) is -0.696. The smallest absolute Gasteiger partial charge is 0.254 e. The molecular formula is C21H31FN2O3. The number of amides is 2. The lowest BCUT2D eigenvalue weighted by Gasteiger charge is -2.41. The van der Waals surface area contributed by atoms with Gasteiger partial charge in [-0.05, 0) is 45.2 Å². The third kappa shape index (κ3) is 6.03. The van der Waals surface area contributed by atoms with Crippen molar-refractivity contribution in [3.05, 3.63) is 35.4 Å². The number of rotatable bonds is 6. The molecule has 27 heavy (non-hydrogen) atoms. The lowest BCUT2D eigenvalue weighted by molar-refractivity contribution is -0.125. The van der Waals surface area contributed by atoms with Gasteiger partial charge in [-0.2, -0.15) is 0 Å². The van der Waals surface area contributed by atoms with Gasteiger partial charge in [0.1, 0.15) is 6.17 Å². The Kier molecular flexibility index (Phi) is 6.98. The Morgan fingerprint density at radius 2 is 1.81 bits per heavy atom. The van der Waals surface area contributed by atoms with E-state index in [1.807, 2.05) is 32.9 Å². The van der Waals surface area contributed by atoms with Gasteiger partial charge in [0.2, 0.25) is 5.91 Å². The molecule has 0 unspecified atom stereocenters. The topological polar surface area (TPSA) is 69.6 Å². The van der Waals surface area contributed by atoms with E-state index in [0.29, 0.717) is 24.8 Å². The van der Waals surface area contributed by atoms with Crippen molar-refractivity contribution >= 4 is 11.8 Å². The number of carbonyl (C=O) groups is 2. The van der Waals surface area contributed by atoms with Crippen molar-refractivity contribution in [3.63, 3.8) is 0 Å². The summed E-state index contributed by atoms with van der Waals surface area (Å²) in [5.41, 5.74) is 0.829. The third-order valence-corrected chi connectivity index (χ3v) is 4.95. The Morgan fingerprint density at radius 1 is 1.26 bits per heavy atom. The number of nitrogens with one attached hydrogen (secondary N) is 1. The van der Waals surface area contributed by atoms with Crippen LogP contribution in [0.3, 0.4) is 0 Å². The number of aryl methyl sites for hydroxylation is 1. The summed E-state index contributed by atoms with van der Waals surface area (Å²) in [5, 5.41) is 12.6. The maximum atomic E-state index is 13.3. The third-order valence-electron chi connectivity index (χ3n) is 4.95. The Bertz CT molecular complexity index is 652. The first-order valence-electron chi connectivity index (χ1n) is 9.75. The molecule has 150 valence electrons. The maximum absolute atomic E-state index is 13.3. The van der Waals surface area contributed by atoms with Crippen LogP contribution in [-0.4, -0.2) is 52.7 Å². The zero-order valence-electron chi connectivity index (χ0n) is 16.7. The molecule has 2 N–H and O–H groups in total. The van der Waals surface area contributed by atoms with Crippen molar-refractivity contribution in [1.29, 1.82) is 0 Å². The van der Waals surface area contributed by atoms with Crippen LogP contribution in [0.1, 0.15) is 56.0 Å². The van der Waals surface area contributed by atoms with Gasteiger partial charge in [-0.1, -0.05) is 31.5 Å². The first-order chi connectivity index (χ1) is 12.7. The molecule has 2 amide bonds. The predicted molar refractivity (Wildman–Crippen MR) is 103 cm³/mol. The zero-order chi connectivity index (χ0) is 20.2. The molecule has 0 saturated heterocycles. The highest BCUT2D eigenvalue weighted by Gasteiger charge is 2.41. The van der Waals surface area contributed by atoms with E-state index in [4.69, 9.17) is 0 Å². The van der Waals surface area contributed by atoms with Crippen molar-refractivity contribution in [2.24, 2.45) is 5.92 Å². The summed E-state index contributed by atoms with van der Waals surface area (Å²) >= 11 is 0. The van der Waals surface area contributed by atoms with Crippen LogP contribution in [0.5, 0.6) is 0 Å². The van der Waals surface area contributed by atoms with Crippen LogP contribution in [0.2, 0.25) is 0 Å². The van der Waals surface area contributed by atoms with Crippen LogP contribution in [0.25, 0.3) is 0 Å². The highest BCUT2D eigenvalue weighted by Crippen LogP contribution is 2.35. The van der Waals surface area contributed by atoms with Crippen LogP contribution < -0.4 is 5.32 Å². The number of hydrogen-bond acceptors (Lipinski definition) is 3. The molecule has 2 aliphatic rings. The van der Waals surface area contributed by atoms with Crippen molar-refractivity contribution in [2.75, 3.05) is 13.1 Å². The van der Waals surface area contributed by atoms with Crippen LogP contribution in [0.15, 0.2) is 24.3 Å². The van der Waals surface area contributed by atoms with E-state index < -0.39 is 11.8 Å². The molecule has 1 aromatic rings. The van der Waals surface area contributed by atoms with Crippen molar-refractivity contribution in [2.45, 2.75) is 64.8 Å². The van der Waals surface area contributed by atoms with Gasteiger partial charge in [0.25, 0.3) is 5.91 Å². The summed E-state index contributed by atoms with van der Waals surface area (Å²) < 4.78 is 13.3. The SMILES string of the molecule is CC.Cc1ccc(C(=O)N(CC(=O)NC2CC(C)(O)C2)C[C@@H]2C[C@@H]2F)cc1. The van der Waals surface area contributed by atoms with Gasteiger partial charge in [-0.15, -0.1) is 0 Å². The second-order valence-corrected chi connectivity index (χ2v) is 7.73. The molecular weight excluding hydrogens is 347 g/mol. The largest absolute Gasteiger partial charge is 0.390 e. The normalized spacial score (nSPS) is 28.3. The molecule has 0 bridgehead atoms. The number of aliphatic hydroxyl groups is 1. The van der Waals surface area contributed by atoms with Gasteiger partial charge in [-0.25, -0.2) is 4.39 Å². The molecule has 2 saturated carbocycles. The van der Waals surface area contributed by atoms with E-state index in [-0.39, 0.29) is 36.9 Å². The second-order valence-electron chi connectivity index (χ2n) is 7.73. The minimum absolute atomic E-state index is 0.0614. The van der Waals surface area contributed by atoms with Crippen molar-refractivity contribution < 1.29 is 19.1 Å². The summed E-state index contributed by atoms with van der Waals surface area (Å²) in [4.78, 5) is 26.4. The Morgan fingerprint density at radius 3 is 2.30 bits per heavy atom. The van der Waals surface area contributed by atoms with Crippen molar-refractivity contribution in [3.8, 4) is 0 Å². The maximum Gasteiger partial charge on any atom is 0.254 e. The van der Waals surface area contributed by atoms with Gasteiger partial charge in [0.05, 0.1) is 12.1 Å². The van der Waals surface area contributed by atoms with E-state index in [2.05, 4.69) is 5.32 Å². The second kappa shape index (κ2) is 8.83. The van der Waals surface area contributed by atoms with Crippen molar-refractivity contribution in [1.82, 2.24) is 10.2 Å². The molecule has 2 atom stereocenters. The first-order valence-corrected chi connectivity index (χ1v) is 9.75. The molecule has 5 nitrogen and oxygen atoms in total. The molecule has 3 rings (SSSR count). The summed E-state index contributed by atoms with van der Waals surface area (Å²) in [6.07, 6.45) is 0.600. The Hall–Kier alpha value is -1.95. The van der Waals surface area contributed by atoms with Gasteiger partial charge in [0, 0.05) is 24.1 Å². The fourth-order valence-electron chi connectivity index (χ4n) is 3.33. The summed E-state index contributed by atoms with van der Waals surface area (Å²) in [6.45, 7) is 7.83. The molecule has 0 heterocycles. The lowest BCUT2D eigenvalue weighted by Crippen LogP contribution is -2.55. The molecule has 0 spiro atoms. The van der Waals surface area contributed by atoms with Crippen LogP contribution in [-0.2, 0) is 4.79 Å².